The van der Waals surface area contributed by atoms with Gasteiger partial charge in [-0.15, -0.1) is 0 Å². The lowest BCUT2D eigenvalue weighted by Crippen LogP contribution is -2.45. The lowest BCUT2D eigenvalue weighted by molar-refractivity contribution is -0.192. The number of carboxylic acids is 1. The van der Waals surface area contributed by atoms with Gasteiger partial charge in [-0.05, 0) is 55.9 Å². The molecule has 3 aromatic rings. The number of carbonyl (C=O) groups excluding carboxylic acids is 1. The van der Waals surface area contributed by atoms with Crippen molar-refractivity contribution in [3.8, 4) is 0 Å². The predicted molar refractivity (Wildman–Crippen MR) is 141 cm³/mol. The normalized spacial score (nSPS) is 20.6. The molecule has 3 N–H and O–H groups in total. The van der Waals surface area contributed by atoms with E-state index in [1.807, 2.05) is 34.9 Å². The van der Waals surface area contributed by atoms with Crippen LogP contribution in [0.1, 0.15) is 43.7 Å². The molecule has 12 heteroatoms. The van der Waals surface area contributed by atoms with E-state index in [1.54, 1.807) is 6.07 Å². The number of halogens is 4. The van der Waals surface area contributed by atoms with Gasteiger partial charge in [0.15, 0.2) is 0 Å². The fourth-order valence-electron chi connectivity index (χ4n) is 5.16. The van der Waals surface area contributed by atoms with Gasteiger partial charge in [-0.3, -0.25) is 9.36 Å². The number of aliphatic carboxylic acids is 1. The minimum absolute atomic E-state index is 0.0706. The van der Waals surface area contributed by atoms with Gasteiger partial charge in [0.1, 0.15) is 0 Å². The molecular formula is C27H30ClF3N4O4. The number of fused-ring (bicyclic) bond motifs is 1. The first-order chi connectivity index (χ1) is 18.4. The van der Waals surface area contributed by atoms with Crippen LogP contribution >= 0.6 is 11.6 Å². The molecule has 5 rings (SSSR count). The Morgan fingerprint density at radius 1 is 1.15 bits per heavy atom. The average molecular weight is 567 g/mol. The molecule has 2 aliphatic rings. The average Bonchev–Trinajstić information content (AvgIpc) is 3.62. The fraction of sp³-hybridized carbons (Fsp3) is 0.444. The van der Waals surface area contributed by atoms with E-state index in [0.29, 0.717) is 10.9 Å². The number of aromatic nitrogens is 2. The van der Waals surface area contributed by atoms with Crippen LogP contribution in [0.25, 0.3) is 11.0 Å². The SMILES string of the molecule is C[C@@H](CN1CCC(n2c(=O)[nH]c3cc(Cl)ccc32)CC1)NC(=O)[C@@H]1C[C@H]1c1ccccc1.O=C(O)C(F)(F)F. The van der Waals surface area contributed by atoms with Gasteiger partial charge in [0.25, 0.3) is 0 Å². The Balaban J connectivity index is 0.000000448. The van der Waals surface area contributed by atoms with Crippen LogP contribution in [0.2, 0.25) is 5.02 Å². The highest BCUT2D eigenvalue weighted by molar-refractivity contribution is 6.31. The van der Waals surface area contributed by atoms with Gasteiger partial charge in [-0.1, -0.05) is 41.9 Å². The largest absolute Gasteiger partial charge is 0.490 e. The monoisotopic (exact) mass is 566 g/mol. The molecule has 1 aliphatic carbocycles. The first-order valence-electron chi connectivity index (χ1n) is 12.7. The Labute approximate surface area is 227 Å². The quantitative estimate of drug-likeness (QED) is 0.405. The minimum Gasteiger partial charge on any atom is -0.475 e. The zero-order valence-corrected chi connectivity index (χ0v) is 22.0. The number of likely N-dealkylation sites (tertiary alicyclic amines) is 1. The summed E-state index contributed by atoms with van der Waals surface area (Å²) in [7, 11) is 0. The number of hydrogen-bond acceptors (Lipinski definition) is 4. The predicted octanol–water partition coefficient (Wildman–Crippen LogP) is 4.56. The Kier molecular flexibility index (Phi) is 8.70. The van der Waals surface area contributed by atoms with Gasteiger partial charge in [-0.25, -0.2) is 9.59 Å². The number of alkyl halides is 3. The number of hydrogen-bond donors (Lipinski definition) is 3. The van der Waals surface area contributed by atoms with Crippen LogP contribution in [0.15, 0.2) is 53.3 Å². The summed E-state index contributed by atoms with van der Waals surface area (Å²) in [4.78, 5) is 39.4. The molecular weight excluding hydrogens is 537 g/mol. The maximum atomic E-state index is 12.7. The molecule has 210 valence electrons. The van der Waals surface area contributed by atoms with Crippen molar-refractivity contribution in [2.24, 2.45) is 5.92 Å². The number of nitrogens with zero attached hydrogens (tertiary/aromatic N) is 2. The van der Waals surface area contributed by atoms with Crippen molar-refractivity contribution in [2.75, 3.05) is 19.6 Å². The van der Waals surface area contributed by atoms with Crippen LogP contribution in [0, 0.1) is 5.92 Å². The highest BCUT2D eigenvalue weighted by Crippen LogP contribution is 2.47. The number of rotatable bonds is 6. The molecule has 1 aliphatic heterocycles. The van der Waals surface area contributed by atoms with E-state index in [2.05, 4.69) is 34.3 Å². The van der Waals surface area contributed by atoms with Gasteiger partial charge >= 0.3 is 17.8 Å². The molecule has 0 bridgehead atoms. The molecule has 2 heterocycles. The summed E-state index contributed by atoms with van der Waals surface area (Å²) >= 11 is 6.06. The molecule has 8 nitrogen and oxygen atoms in total. The second-order valence-corrected chi connectivity index (χ2v) is 10.5. The van der Waals surface area contributed by atoms with Crippen molar-refractivity contribution >= 4 is 34.5 Å². The molecule has 1 amide bonds. The Bertz CT molecular complexity index is 1370. The highest BCUT2D eigenvalue weighted by atomic mass is 35.5. The van der Waals surface area contributed by atoms with E-state index in [4.69, 9.17) is 21.5 Å². The fourth-order valence-corrected chi connectivity index (χ4v) is 5.33. The Hall–Kier alpha value is -3.31. The third-order valence-electron chi connectivity index (χ3n) is 7.12. The molecule has 0 radical (unpaired) electrons. The first kappa shape index (κ1) is 28.7. The van der Waals surface area contributed by atoms with E-state index in [1.165, 1.54) is 5.56 Å². The van der Waals surface area contributed by atoms with E-state index in [-0.39, 0.29) is 29.6 Å². The third kappa shape index (κ3) is 7.21. The zero-order valence-electron chi connectivity index (χ0n) is 21.2. The van der Waals surface area contributed by atoms with Gasteiger partial charge < -0.3 is 20.3 Å². The lowest BCUT2D eigenvalue weighted by Gasteiger charge is -2.34. The van der Waals surface area contributed by atoms with Crippen molar-refractivity contribution < 1.29 is 27.9 Å². The summed E-state index contributed by atoms with van der Waals surface area (Å²) in [6.07, 6.45) is -2.32. The van der Waals surface area contributed by atoms with Crippen LogP contribution < -0.4 is 11.0 Å². The molecule has 1 saturated carbocycles. The van der Waals surface area contributed by atoms with Gasteiger partial charge in [0.2, 0.25) is 5.91 Å². The molecule has 3 atom stereocenters. The summed E-state index contributed by atoms with van der Waals surface area (Å²) in [6, 6.07) is 16.1. The van der Waals surface area contributed by atoms with E-state index in [9.17, 15) is 22.8 Å². The minimum atomic E-state index is -5.08. The molecule has 0 spiro atoms. The molecule has 39 heavy (non-hydrogen) atoms. The topological polar surface area (TPSA) is 107 Å². The van der Waals surface area contributed by atoms with Gasteiger partial charge in [0, 0.05) is 42.7 Å². The molecule has 2 fully saturated rings. The number of aromatic amines is 1. The first-order valence-corrected chi connectivity index (χ1v) is 13.1. The van der Waals surface area contributed by atoms with Crippen LogP contribution in [0.3, 0.4) is 0 Å². The second-order valence-electron chi connectivity index (χ2n) is 10.1. The second kappa shape index (κ2) is 11.8. The maximum Gasteiger partial charge on any atom is 0.490 e. The number of H-pyrrole nitrogens is 1. The molecule has 2 aromatic carbocycles. The van der Waals surface area contributed by atoms with E-state index < -0.39 is 12.1 Å². The number of imidazole rings is 1. The van der Waals surface area contributed by atoms with Crippen molar-refractivity contribution in [1.29, 1.82) is 0 Å². The van der Waals surface area contributed by atoms with Crippen molar-refractivity contribution in [3.63, 3.8) is 0 Å². The van der Waals surface area contributed by atoms with Crippen LogP contribution in [0.4, 0.5) is 13.2 Å². The zero-order chi connectivity index (χ0) is 28.3. The van der Waals surface area contributed by atoms with Crippen molar-refractivity contribution in [3.05, 3.63) is 69.6 Å². The molecule has 0 unspecified atom stereocenters. The number of piperidine rings is 1. The van der Waals surface area contributed by atoms with Crippen LogP contribution in [-0.2, 0) is 9.59 Å². The summed E-state index contributed by atoms with van der Waals surface area (Å²) in [6.45, 7) is 4.73. The summed E-state index contributed by atoms with van der Waals surface area (Å²) in [5, 5.41) is 11.0. The Morgan fingerprint density at radius 2 is 1.79 bits per heavy atom. The number of benzene rings is 2. The summed E-state index contributed by atoms with van der Waals surface area (Å²) in [5.41, 5.74) is 2.89. The van der Waals surface area contributed by atoms with Crippen LogP contribution in [-0.4, -0.2) is 63.3 Å². The van der Waals surface area contributed by atoms with Gasteiger partial charge in [0.05, 0.1) is 11.0 Å². The van der Waals surface area contributed by atoms with E-state index in [0.717, 1.165) is 49.9 Å². The number of carboxylic acid groups (broad SMARTS) is 1. The molecule has 1 aromatic heterocycles. The summed E-state index contributed by atoms with van der Waals surface area (Å²) < 4.78 is 33.6. The smallest absolute Gasteiger partial charge is 0.475 e. The van der Waals surface area contributed by atoms with Crippen LogP contribution in [0.5, 0.6) is 0 Å². The lowest BCUT2D eigenvalue weighted by atomic mass is 10.0. The van der Waals surface area contributed by atoms with E-state index >= 15 is 0 Å². The maximum absolute atomic E-state index is 12.7. The van der Waals surface area contributed by atoms with Gasteiger partial charge in [-0.2, -0.15) is 13.2 Å². The number of amides is 1. The summed E-state index contributed by atoms with van der Waals surface area (Å²) in [5.74, 6) is -2.12. The third-order valence-corrected chi connectivity index (χ3v) is 7.35. The van der Waals surface area contributed by atoms with Crippen molar-refractivity contribution in [2.45, 2.75) is 50.4 Å². The highest BCUT2D eigenvalue weighted by Gasteiger charge is 2.44. The Morgan fingerprint density at radius 3 is 2.41 bits per heavy atom. The number of nitrogens with one attached hydrogen (secondary N) is 2. The van der Waals surface area contributed by atoms with Crippen molar-refractivity contribution in [1.82, 2.24) is 19.8 Å². The standard InChI is InChI=1S/C25H29ClN4O2.C2HF3O2/c1-16(27-24(31)21-14-20(21)17-5-3-2-4-6-17)15-29-11-9-19(10-12-29)30-23-8-7-18(26)13-22(23)28-25(30)32;3-2(4,5)1(6)7/h2-8,13,16,19-21H,9-12,14-15H2,1H3,(H,27,31)(H,28,32);(H,6,7)/t16-,20-,21+;/m0./s1. The molecule has 1 saturated heterocycles. The number of carbonyl (C=O) groups is 2.